The number of benzene rings is 4. The first kappa shape index (κ1) is 26.0. The van der Waals surface area contributed by atoms with Crippen molar-refractivity contribution in [1.29, 1.82) is 0 Å². The van der Waals surface area contributed by atoms with Crippen molar-refractivity contribution in [3.8, 4) is 28.2 Å². The third-order valence-corrected chi connectivity index (χ3v) is 7.64. The van der Waals surface area contributed by atoms with E-state index >= 15 is 0 Å². The summed E-state index contributed by atoms with van der Waals surface area (Å²) in [7, 11) is 0. The van der Waals surface area contributed by atoms with Gasteiger partial charge in [0.15, 0.2) is 0 Å². The summed E-state index contributed by atoms with van der Waals surface area (Å²) < 4.78 is 2.44. The third-order valence-electron chi connectivity index (χ3n) is 7.64. The highest BCUT2D eigenvalue weighted by atomic mass is 15.1. The van der Waals surface area contributed by atoms with E-state index < -0.39 is 0 Å². The number of hydrogen-bond donors (Lipinski definition) is 0. The molecule has 1 aromatic heterocycles. The maximum atomic E-state index is 5.26. The monoisotopic (exact) mass is 500 g/mol. The molecule has 38 heavy (non-hydrogen) atoms. The van der Waals surface area contributed by atoms with Gasteiger partial charge in [0.1, 0.15) is 5.82 Å². The van der Waals surface area contributed by atoms with E-state index in [0.29, 0.717) is 11.8 Å². The van der Waals surface area contributed by atoms with Gasteiger partial charge in [0, 0.05) is 5.56 Å². The largest absolute Gasteiger partial charge is 0.292 e. The lowest BCUT2D eigenvalue weighted by Gasteiger charge is -2.25. The van der Waals surface area contributed by atoms with E-state index in [9.17, 15) is 0 Å². The Morgan fingerprint density at radius 3 is 1.87 bits per heavy atom. The number of imidazole rings is 1. The Morgan fingerprint density at radius 1 is 0.684 bits per heavy atom. The molecule has 0 bridgehead atoms. The topological polar surface area (TPSA) is 17.8 Å². The van der Waals surface area contributed by atoms with Crippen LogP contribution in [0.2, 0.25) is 0 Å². The van der Waals surface area contributed by atoms with Crippen LogP contribution in [0.15, 0.2) is 84.9 Å². The number of aromatic nitrogens is 2. The minimum absolute atomic E-state index is 0.103. The first-order chi connectivity index (χ1) is 18.1. The van der Waals surface area contributed by atoms with Gasteiger partial charge in [-0.05, 0) is 81.8 Å². The highest BCUT2D eigenvalue weighted by Crippen LogP contribution is 2.41. The molecule has 0 saturated carbocycles. The lowest BCUT2D eigenvalue weighted by atomic mass is 9.85. The Kier molecular flexibility index (Phi) is 6.77. The third kappa shape index (κ3) is 4.69. The van der Waals surface area contributed by atoms with Gasteiger partial charge < -0.3 is 0 Å². The fourth-order valence-electron chi connectivity index (χ4n) is 5.43. The molecular weight excluding hydrogens is 460 g/mol. The molecule has 0 unspecified atom stereocenters. The Bertz CT molecular complexity index is 1570. The second kappa shape index (κ2) is 9.91. The van der Waals surface area contributed by atoms with Crippen molar-refractivity contribution in [2.24, 2.45) is 0 Å². The molecule has 0 spiro atoms. The molecule has 5 rings (SSSR count). The molecular formula is C36H40N2. The molecule has 2 nitrogen and oxygen atoms in total. The summed E-state index contributed by atoms with van der Waals surface area (Å²) in [5.74, 6) is 1.72. The van der Waals surface area contributed by atoms with Gasteiger partial charge in [0.2, 0.25) is 0 Å². The molecule has 5 aromatic rings. The summed E-state index contributed by atoms with van der Waals surface area (Å²) in [5, 5.41) is 0. The Hall–Kier alpha value is -3.65. The highest BCUT2D eigenvalue weighted by molar-refractivity contribution is 5.85. The van der Waals surface area contributed by atoms with Crippen molar-refractivity contribution in [1.82, 2.24) is 9.55 Å². The van der Waals surface area contributed by atoms with Crippen molar-refractivity contribution < 1.29 is 0 Å². The molecule has 0 amide bonds. The maximum Gasteiger partial charge on any atom is 0.146 e. The summed E-state index contributed by atoms with van der Waals surface area (Å²) in [6.07, 6.45) is 0. The molecule has 0 aliphatic carbocycles. The van der Waals surface area contributed by atoms with E-state index in [1.54, 1.807) is 0 Å². The lowest BCUT2D eigenvalue weighted by molar-refractivity contribution is 0.590. The molecule has 0 N–H and O–H groups in total. The van der Waals surface area contributed by atoms with Gasteiger partial charge in [-0.1, -0.05) is 109 Å². The van der Waals surface area contributed by atoms with Crippen molar-refractivity contribution in [3.63, 3.8) is 0 Å². The van der Waals surface area contributed by atoms with Crippen molar-refractivity contribution in [2.45, 2.75) is 72.6 Å². The van der Waals surface area contributed by atoms with E-state index in [-0.39, 0.29) is 5.41 Å². The van der Waals surface area contributed by atoms with Crippen LogP contribution >= 0.6 is 0 Å². The second-order valence-electron chi connectivity index (χ2n) is 12.2. The number of rotatable bonds is 5. The van der Waals surface area contributed by atoms with Gasteiger partial charge in [-0.3, -0.25) is 4.57 Å². The van der Waals surface area contributed by atoms with Gasteiger partial charge in [0.05, 0.1) is 16.7 Å². The van der Waals surface area contributed by atoms with Crippen molar-refractivity contribution >= 4 is 11.0 Å². The summed E-state index contributed by atoms with van der Waals surface area (Å²) in [6, 6.07) is 31.0. The van der Waals surface area contributed by atoms with E-state index in [1.165, 1.54) is 44.6 Å². The van der Waals surface area contributed by atoms with Gasteiger partial charge in [-0.25, -0.2) is 4.98 Å². The second-order valence-corrected chi connectivity index (χ2v) is 12.2. The molecule has 0 fully saturated rings. The molecule has 4 aromatic carbocycles. The molecule has 0 saturated heterocycles. The fraction of sp³-hybridized carbons (Fsp3) is 0.306. The summed E-state index contributed by atoms with van der Waals surface area (Å²) >= 11 is 0. The SMILES string of the molecule is Cc1cc(C(C)(C)C)ccc1-c1nc2ccccc2n1-c1c(C(C)C)cc(-c2ccccc2)cc1C(C)C. The average molecular weight is 501 g/mol. The minimum atomic E-state index is 0.103. The van der Waals surface area contributed by atoms with Crippen molar-refractivity contribution in [2.75, 3.05) is 0 Å². The number of nitrogens with zero attached hydrogens (tertiary/aromatic N) is 2. The number of fused-ring (bicyclic) bond motifs is 1. The van der Waals surface area contributed by atoms with Crippen LogP contribution in [0, 0.1) is 6.92 Å². The molecule has 0 radical (unpaired) electrons. The normalized spacial score (nSPS) is 12.2. The molecule has 0 atom stereocenters. The van der Waals surface area contributed by atoms with Crippen LogP contribution in [-0.4, -0.2) is 9.55 Å². The molecule has 2 heteroatoms. The van der Waals surface area contributed by atoms with Crippen LogP contribution in [-0.2, 0) is 5.41 Å². The molecule has 1 heterocycles. The van der Waals surface area contributed by atoms with Crippen LogP contribution < -0.4 is 0 Å². The predicted molar refractivity (Wildman–Crippen MR) is 164 cm³/mol. The minimum Gasteiger partial charge on any atom is -0.292 e. The van der Waals surface area contributed by atoms with E-state index in [2.05, 4.69) is 145 Å². The zero-order valence-electron chi connectivity index (χ0n) is 24.1. The summed E-state index contributed by atoms with van der Waals surface area (Å²) in [5.41, 5.74) is 12.6. The summed E-state index contributed by atoms with van der Waals surface area (Å²) in [6.45, 7) is 18.3. The van der Waals surface area contributed by atoms with Crippen LogP contribution in [0.5, 0.6) is 0 Å². The van der Waals surface area contributed by atoms with Crippen molar-refractivity contribution in [3.05, 3.63) is 107 Å². The smallest absolute Gasteiger partial charge is 0.146 e. The Labute approximate surface area is 228 Å². The summed E-state index contributed by atoms with van der Waals surface area (Å²) in [4.78, 5) is 5.26. The van der Waals surface area contributed by atoms with Crippen LogP contribution in [0.3, 0.4) is 0 Å². The zero-order chi connectivity index (χ0) is 27.2. The van der Waals surface area contributed by atoms with E-state index in [0.717, 1.165) is 16.9 Å². The van der Waals surface area contributed by atoms with E-state index in [4.69, 9.17) is 4.98 Å². The van der Waals surface area contributed by atoms with Crippen LogP contribution in [0.4, 0.5) is 0 Å². The molecule has 194 valence electrons. The van der Waals surface area contributed by atoms with Gasteiger partial charge in [0.25, 0.3) is 0 Å². The van der Waals surface area contributed by atoms with E-state index in [1.807, 2.05) is 0 Å². The van der Waals surface area contributed by atoms with Gasteiger partial charge in [-0.2, -0.15) is 0 Å². The maximum absolute atomic E-state index is 5.26. The Balaban J connectivity index is 1.86. The lowest BCUT2D eigenvalue weighted by Crippen LogP contribution is -2.12. The Morgan fingerprint density at radius 2 is 1.29 bits per heavy atom. The van der Waals surface area contributed by atoms with Gasteiger partial charge >= 0.3 is 0 Å². The predicted octanol–water partition coefficient (Wildman–Crippen LogP) is 10.2. The first-order valence-corrected chi connectivity index (χ1v) is 13.9. The van der Waals surface area contributed by atoms with Gasteiger partial charge in [-0.15, -0.1) is 0 Å². The average Bonchev–Trinajstić information content (AvgIpc) is 3.26. The quantitative estimate of drug-likeness (QED) is 0.235. The van der Waals surface area contributed by atoms with Crippen LogP contribution in [0.25, 0.3) is 39.2 Å². The fourth-order valence-corrected chi connectivity index (χ4v) is 5.43. The highest BCUT2D eigenvalue weighted by Gasteiger charge is 2.24. The standard InChI is InChI=1S/C36H40N2/c1-23(2)30-21-27(26-14-10-9-11-15-26)22-31(24(3)4)34(30)38-33-17-13-12-16-32(33)37-35(38)29-19-18-28(20-25(29)5)36(6,7)8/h9-24H,1-8H3. The molecule has 0 aliphatic heterocycles. The molecule has 0 aliphatic rings. The number of hydrogen-bond acceptors (Lipinski definition) is 1. The first-order valence-electron chi connectivity index (χ1n) is 13.9. The van der Waals surface area contributed by atoms with Crippen LogP contribution in [0.1, 0.15) is 82.6 Å². The number of aryl methyl sites for hydroxylation is 1. The number of para-hydroxylation sites is 2. The zero-order valence-corrected chi connectivity index (χ0v) is 24.1.